The van der Waals surface area contributed by atoms with Gasteiger partial charge in [0.15, 0.2) is 0 Å². The van der Waals surface area contributed by atoms with Crippen LogP contribution in [-0.4, -0.2) is 37.5 Å². The highest BCUT2D eigenvalue weighted by molar-refractivity contribution is 5.94. The van der Waals surface area contributed by atoms with Gasteiger partial charge in [-0.3, -0.25) is 14.4 Å². The van der Waals surface area contributed by atoms with Crippen LogP contribution in [0.25, 0.3) is 0 Å². The third-order valence-electron chi connectivity index (χ3n) is 2.63. The lowest BCUT2D eigenvalue weighted by molar-refractivity contribution is -0.144. The summed E-state index contributed by atoms with van der Waals surface area (Å²) in [5, 5.41) is 5.32. The minimum atomic E-state index is -0.384. The molecule has 1 rings (SSSR count). The molecule has 6 nitrogen and oxygen atoms in total. The van der Waals surface area contributed by atoms with Crippen molar-refractivity contribution in [2.75, 3.05) is 19.7 Å². The highest BCUT2D eigenvalue weighted by Crippen LogP contribution is 1.97. The lowest BCUT2D eigenvalue weighted by Gasteiger charge is -2.07. The fourth-order valence-corrected chi connectivity index (χ4v) is 1.61. The second-order valence-corrected chi connectivity index (χ2v) is 4.28. The van der Waals surface area contributed by atoms with E-state index in [1.807, 2.05) is 6.07 Å². The predicted molar refractivity (Wildman–Crippen MR) is 77.7 cm³/mol. The lowest BCUT2D eigenvalue weighted by Crippen LogP contribution is -2.34. The van der Waals surface area contributed by atoms with Crippen molar-refractivity contribution >= 4 is 17.8 Å². The normalized spacial score (nSPS) is 9.76. The highest BCUT2D eigenvalue weighted by Gasteiger charge is 2.07. The molecule has 0 unspecified atom stereocenters. The predicted octanol–water partition coefficient (Wildman–Crippen LogP) is 0.876. The van der Waals surface area contributed by atoms with Crippen molar-refractivity contribution in [3.05, 3.63) is 35.9 Å². The van der Waals surface area contributed by atoms with Crippen LogP contribution in [0.1, 0.15) is 30.1 Å². The Bertz CT molecular complexity index is 474. The van der Waals surface area contributed by atoms with Gasteiger partial charge in [0.25, 0.3) is 5.91 Å². The number of ether oxygens (including phenoxy) is 1. The molecule has 0 saturated heterocycles. The zero-order valence-corrected chi connectivity index (χ0v) is 12.1. The Balaban J connectivity index is 2.12. The zero-order valence-electron chi connectivity index (χ0n) is 12.1. The van der Waals surface area contributed by atoms with E-state index < -0.39 is 0 Å². The van der Waals surface area contributed by atoms with E-state index in [4.69, 9.17) is 4.74 Å². The van der Waals surface area contributed by atoms with Crippen molar-refractivity contribution < 1.29 is 19.1 Å². The van der Waals surface area contributed by atoms with E-state index in [0.717, 1.165) is 0 Å². The minimum Gasteiger partial charge on any atom is -0.466 e. The summed E-state index contributed by atoms with van der Waals surface area (Å²) in [6.45, 7) is 2.68. The fourth-order valence-electron chi connectivity index (χ4n) is 1.61. The topological polar surface area (TPSA) is 84.5 Å². The van der Waals surface area contributed by atoms with E-state index in [9.17, 15) is 14.4 Å². The Morgan fingerprint density at radius 1 is 1.00 bits per heavy atom. The largest absolute Gasteiger partial charge is 0.466 e. The fraction of sp³-hybridized carbons (Fsp3) is 0.400. The molecular weight excluding hydrogens is 272 g/mol. The van der Waals surface area contributed by atoms with Crippen LogP contribution in [0.3, 0.4) is 0 Å². The van der Waals surface area contributed by atoms with Crippen LogP contribution in [-0.2, 0) is 14.3 Å². The molecule has 0 aromatic heterocycles. The zero-order chi connectivity index (χ0) is 15.5. The smallest absolute Gasteiger partial charge is 0.306 e. The summed E-state index contributed by atoms with van der Waals surface area (Å²) in [6.07, 6.45) is 0.154. The summed E-state index contributed by atoms with van der Waals surface area (Å²) in [6, 6.07) is 8.83. The Kier molecular flexibility index (Phi) is 7.56. The molecule has 1 aromatic carbocycles. The number of esters is 1. The molecule has 0 bridgehead atoms. The van der Waals surface area contributed by atoms with Crippen LogP contribution in [0.4, 0.5) is 0 Å². The first-order chi connectivity index (χ1) is 10.1. The number of carbonyl (C=O) groups is 3. The summed E-state index contributed by atoms with van der Waals surface area (Å²) in [7, 11) is 0. The molecule has 2 amide bonds. The Morgan fingerprint density at radius 2 is 1.67 bits per heavy atom. The maximum Gasteiger partial charge on any atom is 0.306 e. The van der Waals surface area contributed by atoms with Gasteiger partial charge in [-0.15, -0.1) is 0 Å². The van der Waals surface area contributed by atoms with Crippen LogP contribution in [0, 0.1) is 0 Å². The van der Waals surface area contributed by atoms with Crippen molar-refractivity contribution in [1.29, 1.82) is 0 Å². The maximum atomic E-state index is 11.7. The van der Waals surface area contributed by atoms with Gasteiger partial charge in [-0.1, -0.05) is 18.2 Å². The Hall–Kier alpha value is -2.37. The van der Waals surface area contributed by atoms with Gasteiger partial charge in [0.2, 0.25) is 5.91 Å². The molecule has 114 valence electrons. The monoisotopic (exact) mass is 292 g/mol. The van der Waals surface area contributed by atoms with Crippen LogP contribution in [0.2, 0.25) is 0 Å². The summed E-state index contributed by atoms with van der Waals surface area (Å²) >= 11 is 0. The van der Waals surface area contributed by atoms with E-state index in [-0.39, 0.29) is 30.6 Å². The van der Waals surface area contributed by atoms with Gasteiger partial charge in [0.1, 0.15) is 0 Å². The Morgan fingerprint density at radius 3 is 2.33 bits per heavy atom. The second kappa shape index (κ2) is 9.52. The third-order valence-corrected chi connectivity index (χ3v) is 2.63. The molecule has 6 heteroatoms. The number of rotatable bonds is 8. The molecule has 0 aliphatic heterocycles. The van der Waals surface area contributed by atoms with Gasteiger partial charge < -0.3 is 15.4 Å². The van der Waals surface area contributed by atoms with Gasteiger partial charge in [-0.25, -0.2) is 0 Å². The lowest BCUT2D eigenvalue weighted by atomic mass is 10.2. The van der Waals surface area contributed by atoms with Gasteiger partial charge in [0, 0.05) is 25.1 Å². The van der Waals surface area contributed by atoms with Crippen molar-refractivity contribution in [3.63, 3.8) is 0 Å². The molecule has 0 aliphatic rings. The van der Waals surface area contributed by atoms with Crippen LogP contribution in [0.5, 0.6) is 0 Å². The molecule has 0 fully saturated rings. The first-order valence-corrected chi connectivity index (χ1v) is 6.89. The number of benzene rings is 1. The molecule has 0 aliphatic carbocycles. The SMILES string of the molecule is CCOC(=O)CCC(=O)NCCNC(=O)c1ccccc1. The van der Waals surface area contributed by atoms with Crippen LogP contribution >= 0.6 is 0 Å². The standard InChI is InChI=1S/C15H20N2O4/c1-2-21-14(19)9-8-13(18)16-10-11-17-15(20)12-6-4-3-5-7-12/h3-7H,2,8-11H2,1H3,(H,16,18)(H,17,20). The molecule has 0 radical (unpaired) electrons. The first kappa shape index (κ1) is 16.7. The summed E-state index contributed by atoms with van der Waals surface area (Å²) in [4.78, 5) is 34.2. The maximum absolute atomic E-state index is 11.7. The molecule has 0 spiro atoms. The molecular formula is C15H20N2O4. The number of hydrogen-bond acceptors (Lipinski definition) is 4. The summed E-state index contributed by atoms with van der Waals surface area (Å²) in [5.41, 5.74) is 0.575. The molecule has 0 atom stereocenters. The number of amides is 2. The van der Waals surface area contributed by atoms with Crippen molar-refractivity contribution in [1.82, 2.24) is 10.6 Å². The van der Waals surface area contributed by atoms with Crippen molar-refractivity contribution in [2.45, 2.75) is 19.8 Å². The van der Waals surface area contributed by atoms with Crippen molar-refractivity contribution in [3.8, 4) is 0 Å². The number of hydrogen-bond donors (Lipinski definition) is 2. The third kappa shape index (κ3) is 7.10. The minimum absolute atomic E-state index is 0.0655. The number of nitrogens with one attached hydrogen (secondary N) is 2. The van der Waals surface area contributed by atoms with E-state index >= 15 is 0 Å². The molecule has 2 N–H and O–H groups in total. The summed E-state index contributed by atoms with van der Waals surface area (Å²) < 4.78 is 4.72. The van der Waals surface area contributed by atoms with Gasteiger partial charge in [0.05, 0.1) is 13.0 Å². The summed E-state index contributed by atoms with van der Waals surface area (Å²) in [5.74, 6) is -0.807. The Labute approximate surface area is 123 Å². The van der Waals surface area contributed by atoms with Crippen molar-refractivity contribution in [2.24, 2.45) is 0 Å². The molecule has 21 heavy (non-hydrogen) atoms. The van der Waals surface area contributed by atoms with Gasteiger partial charge in [-0.2, -0.15) is 0 Å². The first-order valence-electron chi connectivity index (χ1n) is 6.89. The molecule has 0 saturated carbocycles. The average Bonchev–Trinajstić information content (AvgIpc) is 2.50. The van der Waals surface area contributed by atoms with E-state index in [1.54, 1.807) is 31.2 Å². The molecule has 0 heterocycles. The second-order valence-electron chi connectivity index (χ2n) is 4.28. The van der Waals surface area contributed by atoms with E-state index in [0.29, 0.717) is 25.3 Å². The molecule has 1 aromatic rings. The van der Waals surface area contributed by atoms with Gasteiger partial charge >= 0.3 is 5.97 Å². The number of carbonyl (C=O) groups excluding carboxylic acids is 3. The van der Waals surface area contributed by atoms with E-state index in [2.05, 4.69) is 10.6 Å². The van der Waals surface area contributed by atoms with Gasteiger partial charge in [-0.05, 0) is 19.1 Å². The van der Waals surface area contributed by atoms with Crippen LogP contribution < -0.4 is 10.6 Å². The quantitative estimate of drug-likeness (QED) is 0.550. The average molecular weight is 292 g/mol. The highest BCUT2D eigenvalue weighted by atomic mass is 16.5. The van der Waals surface area contributed by atoms with Crippen LogP contribution in [0.15, 0.2) is 30.3 Å². The van der Waals surface area contributed by atoms with E-state index in [1.165, 1.54) is 0 Å².